The van der Waals surface area contributed by atoms with E-state index in [0.717, 1.165) is 67.4 Å². The Morgan fingerprint density at radius 2 is 1.34 bits per heavy atom. The van der Waals surface area contributed by atoms with E-state index in [4.69, 9.17) is 11.5 Å². The van der Waals surface area contributed by atoms with E-state index < -0.39 is 24.0 Å². The average Bonchev–Trinajstić information content (AvgIpc) is 3.40. The highest BCUT2D eigenvalue weighted by molar-refractivity contribution is 6.00. The molecule has 0 unspecified atom stereocenters. The molecule has 2 aromatic carbocycles. The number of benzene rings is 2. The molecular weight excluding hydrogens is 601 g/mol. The molecule has 9 heteroatoms. The molecule has 6 nitrogen and oxygen atoms in total. The van der Waals surface area contributed by atoms with Crippen LogP contribution in [0.1, 0.15) is 99.1 Å². The lowest BCUT2D eigenvalue weighted by Gasteiger charge is -2.31. The smallest absolute Gasteiger partial charge is 0.346 e. The topological polar surface area (TPSA) is 110 Å². The first-order chi connectivity index (χ1) is 22.6. The van der Waals surface area contributed by atoms with Gasteiger partial charge in [-0.15, -0.1) is 6.58 Å². The van der Waals surface area contributed by atoms with Crippen LogP contribution in [0, 0.1) is 0 Å². The van der Waals surface area contributed by atoms with E-state index in [1.54, 1.807) is 19.1 Å². The lowest BCUT2D eigenvalue weighted by Crippen LogP contribution is -2.47. The summed E-state index contributed by atoms with van der Waals surface area (Å²) < 4.78 is 38.4. The van der Waals surface area contributed by atoms with E-state index in [2.05, 4.69) is 24.1 Å². The molecule has 0 heterocycles. The zero-order valence-electron chi connectivity index (χ0n) is 30.6. The highest BCUT2D eigenvalue weighted by atomic mass is 19.4. The fourth-order valence-corrected chi connectivity index (χ4v) is 4.18. The zero-order chi connectivity index (χ0) is 37.2. The molecule has 1 amide bonds. The van der Waals surface area contributed by atoms with Crippen molar-refractivity contribution in [3.05, 3.63) is 84.5 Å². The molecule has 270 valence electrons. The molecular formula is C38H65F3N4O2. The average molecular weight is 667 g/mol. The maximum absolute atomic E-state index is 13.2. The van der Waals surface area contributed by atoms with Crippen LogP contribution in [-0.4, -0.2) is 51.1 Å². The third kappa shape index (κ3) is 20.6. The number of nitrogens with two attached hydrogens (primary N) is 2. The third-order valence-corrected chi connectivity index (χ3v) is 6.03. The molecule has 0 atom stereocenters. The lowest BCUT2D eigenvalue weighted by molar-refractivity contribution is -0.141. The van der Waals surface area contributed by atoms with Crippen molar-refractivity contribution in [1.29, 1.82) is 0 Å². The Morgan fingerprint density at radius 1 is 0.894 bits per heavy atom. The van der Waals surface area contributed by atoms with Gasteiger partial charge in [0, 0.05) is 6.54 Å². The van der Waals surface area contributed by atoms with Gasteiger partial charge in [0.15, 0.2) is 0 Å². The Hall–Kier alpha value is -3.27. The van der Waals surface area contributed by atoms with E-state index in [1.165, 1.54) is 6.08 Å². The molecule has 0 aliphatic heterocycles. The minimum absolute atomic E-state index is 0.468. The summed E-state index contributed by atoms with van der Waals surface area (Å²) in [5, 5.41) is 5.41. The molecule has 1 aliphatic rings. The first-order valence-electron chi connectivity index (χ1n) is 17.0. The summed E-state index contributed by atoms with van der Waals surface area (Å²) in [6.07, 6.45) is 4.24. The maximum Gasteiger partial charge on any atom is 0.405 e. The number of aldehydes is 1. The second-order valence-corrected chi connectivity index (χ2v) is 9.08. The summed E-state index contributed by atoms with van der Waals surface area (Å²) in [5.74, 6) is -0.578. The van der Waals surface area contributed by atoms with Crippen LogP contribution in [0.25, 0.3) is 11.1 Å². The quantitative estimate of drug-likeness (QED) is 0.0830. The molecule has 0 saturated carbocycles. The summed E-state index contributed by atoms with van der Waals surface area (Å²) in [6.45, 7) is 23.0. The van der Waals surface area contributed by atoms with Crippen molar-refractivity contribution in [3.8, 4) is 11.1 Å². The molecule has 0 spiro atoms. The van der Waals surface area contributed by atoms with E-state index in [0.29, 0.717) is 13.0 Å². The maximum atomic E-state index is 13.2. The Kier molecular flexibility index (Phi) is 36.7. The van der Waals surface area contributed by atoms with Gasteiger partial charge in [-0.05, 0) is 74.2 Å². The van der Waals surface area contributed by atoms with Gasteiger partial charge in [0.1, 0.15) is 18.2 Å². The number of hydrogen-bond acceptors (Lipinski definition) is 5. The largest absolute Gasteiger partial charge is 0.405 e. The Morgan fingerprint density at radius 3 is 1.66 bits per heavy atom. The first kappa shape index (κ1) is 50.6. The predicted molar refractivity (Wildman–Crippen MR) is 198 cm³/mol. The van der Waals surface area contributed by atoms with Crippen LogP contribution in [0.2, 0.25) is 0 Å². The van der Waals surface area contributed by atoms with Crippen molar-refractivity contribution in [3.63, 3.8) is 0 Å². The van der Waals surface area contributed by atoms with Crippen LogP contribution >= 0.6 is 0 Å². The van der Waals surface area contributed by atoms with Crippen LogP contribution in [0.5, 0.6) is 0 Å². The summed E-state index contributed by atoms with van der Waals surface area (Å²) >= 11 is 0. The number of carbonyl (C=O) groups excluding carboxylic acids is 2. The molecule has 0 bridgehead atoms. The number of allylic oxidation sites excluding steroid dienone is 2. The van der Waals surface area contributed by atoms with Crippen molar-refractivity contribution in [2.75, 3.05) is 32.7 Å². The molecule has 0 saturated heterocycles. The summed E-state index contributed by atoms with van der Waals surface area (Å²) in [4.78, 5) is 22.6. The number of amides is 1. The van der Waals surface area contributed by atoms with Gasteiger partial charge in [-0.2, -0.15) is 13.2 Å². The van der Waals surface area contributed by atoms with Crippen LogP contribution < -0.4 is 22.1 Å². The van der Waals surface area contributed by atoms with Crippen molar-refractivity contribution < 1.29 is 22.8 Å². The van der Waals surface area contributed by atoms with Crippen molar-refractivity contribution in [2.45, 2.75) is 99.6 Å². The van der Waals surface area contributed by atoms with E-state index in [9.17, 15) is 22.8 Å². The van der Waals surface area contributed by atoms with Gasteiger partial charge < -0.3 is 22.1 Å². The number of hydrogen-bond donors (Lipinski definition) is 4. The van der Waals surface area contributed by atoms with Gasteiger partial charge in [0.2, 0.25) is 5.91 Å². The predicted octanol–water partition coefficient (Wildman–Crippen LogP) is 8.74. The van der Waals surface area contributed by atoms with Crippen LogP contribution in [0.4, 0.5) is 13.2 Å². The van der Waals surface area contributed by atoms with E-state index in [1.807, 2.05) is 97.0 Å². The molecule has 0 aromatic heterocycles. The highest BCUT2D eigenvalue weighted by Crippen LogP contribution is 2.51. The minimum Gasteiger partial charge on any atom is -0.346 e. The van der Waals surface area contributed by atoms with Crippen LogP contribution in [0.3, 0.4) is 0 Å². The Balaban J connectivity index is -0.000000404. The van der Waals surface area contributed by atoms with Crippen LogP contribution in [0.15, 0.2) is 73.3 Å². The first-order valence-corrected chi connectivity index (χ1v) is 17.0. The summed E-state index contributed by atoms with van der Waals surface area (Å²) in [6, 6.07) is 15.1. The number of nitrogens with one attached hydrogen (secondary N) is 2. The fourth-order valence-electron chi connectivity index (χ4n) is 4.18. The fraction of sp³-hybridized carbons (Fsp3) is 0.526. The van der Waals surface area contributed by atoms with Gasteiger partial charge in [-0.25, -0.2) is 0 Å². The minimum atomic E-state index is -4.44. The molecule has 3 rings (SSSR count). The van der Waals surface area contributed by atoms with Gasteiger partial charge >= 0.3 is 6.18 Å². The second kappa shape index (κ2) is 34.1. The van der Waals surface area contributed by atoms with Crippen LogP contribution in [-0.2, 0) is 15.0 Å². The molecule has 1 aliphatic carbocycles. The lowest BCUT2D eigenvalue weighted by atomic mass is 9.73. The summed E-state index contributed by atoms with van der Waals surface area (Å²) in [5.41, 5.74) is 12.3. The molecule has 0 radical (unpaired) electrons. The number of halogens is 3. The highest BCUT2D eigenvalue weighted by Gasteiger charge is 2.49. The Labute approximate surface area is 284 Å². The summed E-state index contributed by atoms with van der Waals surface area (Å²) in [7, 11) is 0. The van der Waals surface area contributed by atoms with Gasteiger partial charge in [-0.3, -0.25) is 9.59 Å². The van der Waals surface area contributed by atoms with E-state index in [-0.39, 0.29) is 0 Å². The molecule has 6 N–H and O–H groups in total. The third-order valence-electron chi connectivity index (χ3n) is 6.03. The van der Waals surface area contributed by atoms with Gasteiger partial charge in [0.25, 0.3) is 0 Å². The monoisotopic (exact) mass is 667 g/mol. The number of carbonyl (C=O) groups is 2. The van der Waals surface area contributed by atoms with Crippen molar-refractivity contribution in [2.24, 2.45) is 11.5 Å². The number of rotatable bonds is 11. The number of fused-ring (bicyclic) bond motifs is 3. The normalized spacial score (nSPS) is 11.1. The number of unbranched alkanes of at least 4 members (excludes halogenated alkanes) is 1. The second-order valence-electron chi connectivity index (χ2n) is 9.08. The van der Waals surface area contributed by atoms with Gasteiger partial charge in [-0.1, -0.05) is 122 Å². The molecule has 2 aromatic rings. The van der Waals surface area contributed by atoms with Crippen molar-refractivity contribution >= 4 is 12.2 Å². The SMILES string of the molecule is C/C=C/C=O.C=CCN.CC.CC.CC.CCCN.CCNCCCCC1(C(=O)NCC(F)(F)F)c2ccccc2-c2ccccc21. The molecule has 0 fully saturated rings. The van der Waals surface area contributed by atoms with Gasteiger partial charge in [0.05, 0.1) is 0 Å². The zero-order valence-corrected chi connectivity index (χ0v) is 30.6. The van der Waals surface area contributed by atoms with E-state index >= 15 is 0 Å². The standard InChI is InChI=1S/C22H25F3N2O.C4H6O.C3H9N.C3H7N.3C2H6/c1-2-26-14-8-7-13-21(20(28)27-15-22(23,24)25)18-11-5-3-9-16(18)17-10-4-6-12-19(17)21;1-2-3-4-5;2*1-2-3-4;3*1-2/h3-6,9-12,26H,2,7-8,13-15H2,1H3,(H,27,28);2-4H,1H3;2-4H2,1H3;2H,1,3-4H2;3*1-2H3/b;3-2+;;;;;. The molecule has 47 heavy (non-hydrogen) atoms. The van der Waals surface area contributed by atoms with Crippen molar-refractivity contribution in [1.82, 2.24) is 10.6 Å². The number of alkyl halides is 3. The Bertz CT molecular complexity index is 1010.